The molecule has 18 rings (SSSR count). The molecule has 0 saturated heterocycles. The molecule has 1 aliphatic carbocycles. The van der Waals surface area contributed by atoms with Gasteiger partial charge in [-0.2, -0.15) is 0 Å². The van der Waals surface area contributed by atoms with Gasteiger partial charge in [-0.05, 0) is 158 Å². The van der Waals surface area contributed by atoms with Gasteiger partial charge in [0.15, 0.2) is 12.7 Å². The van der Waals surface area contributed by atoms with E-state index in [1.165, 1.54) is 101 Å². The summed E-state index contributed by atoms with van der Waals surface area (Å²) in [5.41, 5.74) is 49.1. The lowest BCUT2D eigenvalue weighted by molar-refractivity contribution is 0.0251. The highest BCUT2D eigenvalue weighted by Crippen LogP contribution is 2.56. The van der Waals surface area contributed by atoms with Crippen LogP contribution in [0.15, 0.2) is 467 Å². The molecule has 0 aromatic heterocycles. The standard InChI is InChI=1S/C25H18.C20H14O2.C18H15OP.C13H13OP.C13H12.C12H10O.C2H7N.4C2H6.8CH5N/c1-3-11-19(12-4-1)25(20-13-5-2-6-14-20)23-17-9-7-15-21(23)22-16-8-10-18-24(22)25;21-19-17-13-7-8-14-18(17)20(22-19,15-9-3-1-4-10-15)16-11-5-2-6-12-16;19-20(16-10-4-1-5-11-16,17-12-6-2-7-13-17)18-14-8-3-9-15-18;1-15(14,12-8-4-2-5-9-12)13-10-6-3-7-11-13;1-3-7-12(8-4-1)11-13-9-5-2-6-10-13;1-3-7-11(8-4-1)13-12-9-5-2-6-10-12;1-3-2;12*1-2/h1-18H;1-14H;1-15H;2-11H,1H3;1-10H,11H2;1-10H;3H,1-2H3;4*1-2H3;8*2H2,1H3. The van der Waals surface area contributed by atoms with Gasteiger partial charge in [0, 0.05) is 43.2 Å². The first kappa shape index (κ1) is 122. The van der Waals surface area contributed by atoms with E-state index >= 15 is 0 Å². The summed E-state index contributed by atoms with van der Waals surface area (Å²) >= 11 is 0. The van der Waals surface area contributed by atoms with Gasteiger partial charge in [0.2, 0.25) is 0 Å². The molecule has 0 bridgehead atoms. The maximum absolute atomic E-state index is 13.8. The summed E-state index contributed by atoms with van der Waals surface area (Å²) in [6, 6.07) is 156. The van der Waals surface area contributed by atoms with E-state index in [1.807, 2.05) is 373 Å². The van der Waals surface area contributed by atoms with Gasteiger partial charge in [-0.15, -0.1) is 0 Å². The summed E-state index contributed by atoms with van der Waals surface area (Å²) in [6.45, 7) is 17.8. The fourth-order valence-corrected chi connectivity index (χ4v) is 18.5. The van der Waals surface area contributed by atoms with Crippen molar-refractivity contribution in [1.29, 1.82) is 0 Å². The minimum absolute atomic E-state index is 0.254. The fraction of sp³-hybridized carbons (Fsp3) is 0.185. The lowest BCUT2D eigenvalue weighted by atomic mass is 9.68. The topological polar surface area (TPSA) is 290 Å². The van der Waals surface area contributed by atoms with E-state index < -0.39 is 19.9 Å². The van der Waals surface area contributed by atoms with Crippen LogP contribution in [0, 0.1) is 0 Å². The van der Waals surface area contributed by atoms with Crippen LogP contribution >= 0.6 is 14.3 Å². The number of para-hydroxylation sites is 2. The van der Waals surface area contributed by atoms with Gasteiger partial charge in [0.25, 0.3) is 0 Å². The third-order valence-electron chi connectivity index (χ3n) is 19.2. The molecule has 0 spiro atoms. The number of nitrogens with one attached hydrogen (secondary N) is 1. The van der Waals surface area contributed by atoms with Gasteiger partial charge < -0.3 is 69.8 Å². The number of carbonyl (C=O) groups excluding carboxylic acids is 1. The van der Waals surface area contributed by atoms with Crippen molar-refractivity contribution in [2.75, 3.05) is 77.1 Å². The second kappa shape index (κ2) is 75.3. The number of carbonyl (C=O) groups is 1. The van der Waals surface area contributed by atoms with Crippen molar-refractivity contribution in [1.82, 2.24) is 5.32 Å². The Hall–Kier alpha value is -13.1. The largest absolute Gasteiger partial charge is 0.457 e. The van der Waals surface area contributed by atoms with Crippen LogP contribution in [0.4, 0.5) is 0 Å². The third kappa shape index (κ3) is 36.3. The number of hydrogen-bond acceptors (Lipinski definition) is 14. The van der Waals surface area contributed by atoms with Crippen molar-refractivity contribution in [3.8, 4) is 22.6 Å². The smallest absolute Gasteiger partial charge is 0.340 e. The number of nitrogens with two attached hydrogens (primary N) is 8. The molecule has 14 nitrogen and oxygen atoms in total. The Bertz CT molecular complexity index is 5160. The Balaban J connectivity index is 0.00000153. The van der Waals surface area contributed by atoms with Crippen LogP contribution in [0.1, 0.15) is 116 Å². The zero-order valence-electron chi connectivity index (χ0n) is 83.2. The van der Waals surface area contributed by atoms with E-state index in [1.54, 1.807) is 0 Å². The van der Waals surface area contributed by atoms with E-state index in [-0.39, 0.29) is 11.4 Å². The fourth-order valence-electron chi connectivity index (χ4n) is 14.0. The van der Waals surface area contributed by atoms with Crippen molar-refractivity contribution in [2.45, 2.75) is 72.8 Å². The molecule has 0 radical (unpaired) electrons. The van der Waals surface area contributed by atoms with Crippen molar-refractivity contribution in [3.05, 3.63) is 523 Å². The predicted octanol–water partition coefficient (Wildman–Crippen LogP) is 23.5. The zero-order chi connectivity index (χ0) is 101. The Morgan fingerprint density at radius 2 is 0.444 bits per heavy atom. The molecule has 0 saturated carbocycles. The SMILES string of the molecule is CC.CC.CC.CC.CN.CN.CN.CN.CN.CN.CN.CN.CNC.CP(=O)(c1ccccc1)c1ccccc1.O=C1OC(c2ccccc2)(c2ccccc2)c2ccccc21.O=P(c1ccccc1)(c1ccccc1)c1ccccc1.c1ccc(C2(c3ccccc3)c3ccccc3-c3ccccc32)cc1.c1ccc(Cc2ccccc2)cc1.c1ccc(Oc2ccccc2)cc1. The molecule has 1 aliphatic heterocycles. The molecule has 1 heterocycles. The van der Waals surface area contributed by atoms with Crippen LogP contribution < -0.4 is 82.4 Å². The minimum atomic E-state index is -2.78. The maximum atomic E-state index is 13.8. The van der Waals surface area contributed by atoms with Crippen LogP contribution in [-0.4, -0.2) is 83.1 Å². The Morgan fingerprint density at radius 1 is 0.252 bits per heavy atom. The van der Waals surface area contributed by atoms with Crippen LogP contribution in [0.3, 0.4) is 0 Å². The summed E-state index contributed by atoms with van der Waals surface area (Å²) in [6.07, 6.45) is 1.03. The lowest BCUT2D eigenvalue weighted by Gasteiger charge is -2.33. The Morgan fingerprint density at radius 3 is 0.704 bits per heavy atom. The molecule has 16 aromatic rings. The van der Waals surface area contributed by atoms with Gasteiger partial charge in [-0.25, -0.2) is 4.79 Å². The number of cyclic esters (lactones) is 1. The van der Waals surface area contributed by atoms with Crippen molar-refractivity contribution in [2.24, 2.45) is 45.9 Å². The first-order valence-corrected chi connectivity index (χ1v) is 49.7. The second-order valence-electron chi connectivity index (χ2n) is 26.5. The highest BCUT2D eigenvalue weighted by molar-refractivity contribution is 7.85. The molecule has 135 heavy (non-hydrogen) atoms. The molecule has 2 aliphatic rings. The Kier molecular flexibility index (Phi) is 68.0. The quantitative estimate of drug-likeness (QED) is 0.0383. The van der Waals surface area contributed by atoms with E-state index in [9.17, 15) is 13.9 Å². The lowest BCUT2D eigenvalue weighted by Crippen LogP contribution is -2.29. The molecule has 17 N–H and O–H groups in total. The number of rotatable bonds is 13. The van der Waals surface area contributed by atoms with Crippen LogP contribution in [0.2, 0.25) is 0 Å². The van der Waals surface area contributed by atoms with Gasteiger partial charge in [0.05, 0.1) is 11.0 Å². The highest BCUT2D eigenvalue weighted by atomic mass is 31.2. The number of hydrogen-bond donors (Lipinski definition) is 9. The molecule has 0 atom stereocenters. The Labute approximate surface area is 811 Å². The van der Waals surface area contributed by atoms with E-state index in [0.29, 0.717) is 5.56 Å². The number of fused-ring (bicyclic) bond motifs is 4. The molecular weight excluding hydrogens is 1700 g/mol. The molecule has 714 valence electrons. The second-order valence-corrected chi connectivity index (χ2v) is 32.2. The van der Waals surface area contributed by atoms with Gasteiger partial charge in [-0.3, -0.25) is 0 Å². The molecule has 0 amide bonds. The van der Waals surface area contributed by atoms with E-state index in [2.05, 4.69) is 221 Å². The summed E-state index contributed by atoms with van der Waals surface area (Å²) in [5, 5.41) is 7.19. The number of benzene rings is 16. The summed E-state index contributed by atoms with van der Waals surface area (Å²) in [5.74, 6) is 1.46. The number of ether oxygens (including phenoxy) is 2. The molecule has 0 fully saturated rings. The van der Waals surface area contributed by atoms with Crippen LogP contribution in [-0.2, 0) is 31.3 Å². The van der Waals surface area contributed by atoms with Gasteiger partial charge in [-0.1, -0.05) is 492 Å². The van der Waals surface area contributed by atoms with Gasteiger partial charge >= 0.3 is 5.97 Å². The van der Waals surface area contributed by atoms with E-state index in [0.717, 1.165) is 61.1 Å². The molecule has 0 unspecified atom stereocenters. The minimum Gasteiger partial charge on any atom is -0.457 e. The first-order chi connectivity index (χ1) is 66.6. The normalized spacial score (nSPS) is 10.5. The summed E-state index contributed by atoms with van der Waals surface area (Å²) in [4.78, 5) is 12.4. The van der Waals surface area contributed by atoms with Crippen molar-refractivity contribution >= 4 is 46.8 Å². The maximum Gasteiger partial charge on any atom is 0.340 e. The number of esters is 1. The molecule has 16 aromatic carbocycles. The summed E-state index contributed by atoms with van der Waals surface area (Å²) in [7, 11) is 10.6. The van der Waals surface area contributed by atoms with Gasteiger partial charge in [0.1, 0.15) is 18.6 Å². The highest BCUT2D eigenvalue weighted by Gasteiger charge is 2.49. The zero-order valence-corrected chi connectivity index (χ0v) is 85.0. The van der Waals surface area contributed by atoms with Crippen molar-refractivity contribution < 1.29 is 23.4 Å². The first-order valence-electron chi connectivity index (χ1n) is 45.8. The summed E-state index contributed by atoms with van der Waals surface area (Å²) < 4.78 is 38.0. The monoisotopic (exact) mass is 1850 g/mol. The average Bonchev–Trinajstić information content (AvgIpc) is 1.55. The average molecular weight is 1850 g/mol. The predicted molar refractivity (Wildman–Crippen MR) is 590 cm³/mol. The van der Waals surface area contributed by atoms with E-state index in [4.69, 9.17) is 9.47 Å². The molecular formula is C119H153N9O5P2. The van der Waals surface area contributed by atoms with Crippen LogP contribution in [0.5, 0.6) is 11.5 Å². The third-order valence-corrected chi connectivity index (χ3v) is 24.8. The van der Waals surface area contributed by atoms with Crippen LogP contribution in [0.25, 0.3) is 11.1 Å². The van der Waals surface area contributed by atoms with Crippen molar-refractivity contribution in [3.63, 3.8) is 0 Å². The molecule has 16 heteroatoms.